The highest BCUT2D eigenvalue weighted by Crippen LogP contribution is 2.19. The number of nitrogens with one attached hydrogen (secondary N) is 1. The quantitative estimate of drug-likeness (QED) is 0.0271. The van der Waals surface area contributed by atoms with Gasteiger partial charge in [0.05, 0.1) is 25.9 Å². The van der Waals surface area contributed by atoms with Crippen molar-refractivity contribution in [3.05, 3.63) is 0 Å². The molecule has 1 fully saturated rings. The molecule has 0 saturated carbocycles. The van der Waals surface area contributed by atoms with E-state index in [1.807, 2.05) is 0 Å². The summed E-state index contributed by atoms with van der Waals surface area (Å²) >= 11 is 0. The molecule has 0 aromatic carbocycles. The first kappa shape index (κ1) is 71.2. The van der Waals surface area contributed by atoms with E-state index in [0.717, 1.165) is 149 Å². The highest BCUT2D eigenvalue weighted by atomic mass is 16.6. The van der Waals surface area contributed by atoms with Gasteiger partial charge in [-0.2, -0.15) is 5.48 Å². The van der Waals surface area contributed by atoms with E-state index in [9.17, 15) is 14.4 Å². The van der Waals surface area contributed by atoms with Gasteiger partial charge >= 0.3 is 17.9 Å². The fourth-order valence-corrected chi connectivity index (χ4v) is 10.3. The van der Waals surface area contributed by atoms with Crippen LogP contribution in [0.3, 0.4) is 0 Å². The van der Waals surface area contributed by atoms with Gasteiger partial charge in [-0.3, -0.25) is 24.2 Å². The molecule has 0 radical (unpaired) electrons. The molecule has 4 unspecified atom stereocenters. The monoisotopic (exact) mass is 1060 g/mol. The molecule has 1 aliphatic rings. The maximum absolute atomic E-state index is 13.6. The number of nitrogens with zero attached hydrogens (tertiary/aromatic N) is 4. The number of carbonyl (C=O) groups is 3. The number of ether oxygens (including phenoxy) is 3. The Balaban J connectivity index is 3.14. The predicted molar refractivity (Wildman–Crippen MR) is 315 cm³/mol. The van der Waals surface area contributed by atoms with Gasteiger partial charge in [0.1, 0.15) is 18.3 Å². The smallest absolute Gasteiger partial charge is 0.307 e. The molecule has 0 aromatic heterocycles. The van der Waals surface area contributed by atoms with Crippen molar-refractivity contribution in [1.82, 2.24) is 25.1 Å². The summed E-state index contributed by atoms with van der Waals surface area (Å²) in [6.07, 6.45) is 36.8. The highest BCUT2D eigenvalue weighted by molar-refractivity contribution is 5.70. The third-order valence-corrected chi connectivity index (χ3v) is 15.6. The molecule has 1 saturated heterocycles. The number of hydrogen-bond acceptors (Lipinski definition) is 12. The number of hydrogen-bond donors (Lipinski definition) is 1. The molecule has 1 aliphatic heterocycles. The Bertz CT molecular complexity index is 1250. The fourth-order valence-electron chi connectivity index (χ4n) is 10.3. The largest absolute Gasteiger partial charge is 0.462 e. The first-order chi connectivity index (χ1) is 36.6. The zero-order chi connectivity index (χ0) is 54.8. The Morgan fingerprint density at radius 3 is 1.05 bits per heavy atom. The molecule has 1 heterocycles. The van der Waals surface area contributed by atoms with Gasteiger partial charge in [0, 0.05) is 84.6 Å². The number of rotatable bonds is 55. The maximum atomic E-state index is 13.6. The molecule has 0 bridgehead atoms. The molecular formula is C63H125N5O7. The van der Waals surface area contributed by atoms with Crippen molar-refractivity contribution >= 4 is 17.9 Å². The minimum Gasteiger partial charge on any atom is -0.462 e. The summed E-state index contributed by atoms with van der Waals surface area (Å²) in [5.74, 6) is -0.389. The average molecular weight is 1060 g/mol. The molecule has 12 heteroatoms. The molecule has 75 heavy (non-hydrogen) atoms. The number of carbonyl (C=O) groups excluding carboxylic acids is 3. The van der Waals surface area contributed by atoms with Crippen LogP contribution in [0.5, 0.6) is 0 Å². The lowest BCUT2D eigenvalue weighted by Crippen LogP contribution is -2.50. The molecule has 0 aliphatic carbocycles. The van der Waals surface area contributed by atoms with E-state index < -0.39 is 0 Å². The van der Waals surface area contributed by atoms with E-state index in [1.54, 1.807) is 0 Å². The number of hydroxylamine groups is 1. The third kappa shape index (κ3) is 41.8. The summed E-state index contributed by atoms with van der Waals surface area (Å²) in [4.78, 5) is 56.6. The first-order valence-corrected chi connectivity index (χ1v) is 32.5. The van der Waals surface area contributed by atoms with Crippen molar-refractivity contribution in [2.75, 3.05) is 85.1 Å². The fraction of sp³-hybridized carbons (Fsp3) is 0.952. The van der Waals surface area contributed by atoms with E-state index in [2.05, 4.69) is 80.5 Å². The molecule has 0 spiro atoms. The standard InChI is InChI=1S/C63H125N5O7/c1-9-17-25-29-34-57(33-21-13-5)64-72-56-55-68-53-51-67(52-54-68)50-49-66(46-43-63(71)75-60(37-24-16-8)40-32-28-20-12-4)48-47-65(44-41-61(69)73-58(35-22-14-6)38-30-26-18-10-2)45-42-62(70)74-59(36-23-15-7)39-31-27-19-11-3/h57-60,64H,9-56H2,1-8H3. The van der Waals surface area contributed by atoms with Crippen molar-refractivity contribution in [2.24, 2.45) is 0 Å². The van der Waals surface area contributed by atoms with E-state index in [-0.39, 0.29) is 49.1 Å². The second-order valence-corrected chi connectivity index (χ2v) is 22.6. The van der Waals surface area contributed by atoms with Crippen LogP contribution in [-0.4, -0.2) is 147 Å². The molecule has 4 atom stereocenters. The lowest BCUT2D eigenvalue weighted by atomic mass is 10.0. The van der Waals surface area contributed by atoms with Gasteiger partial charge in [0.15, 0.2) is 0 Å². The van der Waals surface area contributed by atoms with Crippen LogP contribution in [0.4, 0.5) is 0 Å². The normalized spacial score (nSPS) is 15.1. The third-order valence-electron chi connectivity index (χ3n) is 15.6. The Kier molecular flexibility index (Phi) is 49.0. The van der Waals surface area contributed by atoms with Crippen LogP contribution < -0.4 is 5.48 Å². The summed E-state index contributed by atoms with van der Waals surface area (Å²) in [5.41, 5.74) is 3.43. The SMILES string of the molecule is CCCCCCC(CCCC)NOCCN1CCN(CCN(CCC(=O)OC(CCCC)CCCCCC)CCN(CCC(=O)OC(CCCC)CCCCCC)CCC(=O)OC(CCCC)CCCCCC)CC1. The molecule has 444 valence electrons. The van der Waals surface area contributed by atoms with Crippen LogP contribution in [0.25, 0.3) is 0 Å². The molecule has 1 rings (SSSR count). The van der Waals surface area contributed by atoms with Crippen molar-refractivity contribution in [1.29, 1.82) is 0 Å². The summed E-state index contributed by atoms with van der Waals surface area (Å²) in [6.45, 7) is 28.3. The van der Waals surface area contributed by atoms with Gasteiger partial charge in [-0.1, -0.05) is 190 Å². The first-order valence-electron chi connectivity index (χ1n) is 32.5. The Labute approximate surface area is 464 Å². The second-order valence-electron chi connectivity index (χ2n) is 22.6. The van der Waals surface area contributed by atoms with Gasteiger partial charge in [0.25, 0.3) is 0 Å². The van der Waals surface area contributed by atoms with Gasteiger partial charge in [0.2, 0.25) is 0 Å². The molecular weight excluding hydrogens is 939 g/mol. The van der Waals surface area contributed by atoms with Crippen molar-refractivity contribution in [3.63, 3.8) is 0 Å². The number of esters is 3. The van der Waals surface area contributed by atoms with E-state index in [0.29, 0.717) is 45.2 Å². The molecule has 0 amide bonds. The van der Waals surface area contributed by atoms with Gasteiger partial charge < -0.3 is 28.8 Å². The second kappa shape index (κ2) is 51.6. The summed E-state index contributed by atoms with van der Waals surface area (Å²) in [6, 6.07) is 0.442. The van der Waals surface area contributed by atoms with Gasteiger partial charge in [-0.05, 0) is 70.6 Å². The van der Waals surface area contributed by atoms with E-state index in [4.69, 9.17) is 19.0 Å². The molecule has 12 nitrogen and oxygen atoms in total. The van der Waals surface area contributed by atoms with E-state index in [1.165, 1.54) is 109 Å². The van der Waals surface area contributed by atoms with Crippen LogP contribution in [0, 0.1) is 0 Å². The van der Waals surface area contributed by atoms with Crippen LogP contribution in [0.15, 0.2) is 0 Å². The minimum absolute atomic E-state index is 0.0101. The van der Waals surface area contributed by atoms with Crippen LogP contribution in [0.2, 0.25) is 0 Å². The summed E-state index contributed by atoms with van der Waals surface area (Å²) in [7, 11) is 0. The summed E-state index contributed by atoms with van der Waals surface area (Å²) in [5, 5.41) is 0. The Hall–Kier alpha value is -1.83. The highest BCUT2D eigenvalue weighted by Gasteiger charge is 2.23. The van der Waals surface area contributed by atoms with Crippen LogP contribution in [-0.2, 0) is 33.4 Å². The van der Waals surface area contributed by atoms with Gasteiger partial charge in [-0.15, -0.1) is 0 Å². The summed E-state index contributed by atoms with van der Waals surface area (Å²) < 4.78 is 18.6. The van der Waals surface area contributed by atoms with Crippen LogP contribution in [0.1, 0.15) is 280 Å². The topological polar surface area (TPSA) is 113 Å². The van der Waals surface area contributed by atoms with Crippen molar-refractivity contribution < 1.29 is 33.4 Å². The minimum atomic E-state index is -0.145. The van der Waals surface area contributed by atoms with Crippen molar-refractivity contribution in [2.45, 2.75) is 304 Å². The Morgan fingerprint density at radius 1 is 0.373 bits per heavy atom. The van der Waals surface area contributed by atoms with Crippen molar-refractivity contribution in [3.8, 4) is 0 Å². The van der Waals surface area contributed by atoms with Gasteiger partial charge in [-0.25, -0.2) is 0 Å². The predicted octanol–water partition coefficient (Wildman–Crippen LogP) is 14.6. The number of piperazine rings is 1. The van der Waals surface area contributed by atoms with E-state index >= 15 is 0 Å². The average Bonchev–Trinajstić information content (AvgIpc) is 3.41. The van der Waals surface area contributed by atoms with Crippen LogP contribution >= 0.6 is 0 Å². The zero-order valence-electron chi connectivity index (χ0n) is 50.9. The Morgan fingerprint density at radius 2 is 0.680 bits per heavy atom. The number of unbranched alkanes of at least 4 members (excludes halogenated alkanes) is 16. The molecule has 1 N–H and O–H groups in total. The lowest BCUT2D eigenvalue weighted by molar-refractivity contribution is -0.152. The zero-order valence-corrected chi connectivity index (χ0v) is 50.9. The maximum Gasteiger partial charge on any atom is 0.307 e. The lowest BCUT2D eigenvalue weighted by Gasteiger charge is -2.36. The molecule has 0 aromatic rings.